The molecule has 0 aliphatic heterocycles. The maximum absolute atomic E-state index is 12.7. The summed E-state index contributed by atoms with van der Waals surface area (Å²) >= 11 is 0. The number of hydrogen-bond donors (Lipinski definition) is 1. The molecule has 0 aliphatic carbocycles. The summed E-state index contributed by atoms with van der Waals surface area (Å²) in [6.07, 6.45) is 1.82. The first kappa shape index (κ1) is 20.9. The number of methoxy groups -OCH3 is 1. The second-order valence-electron chi connectivity index (χ2n) is 7.20. The van der Waals surface area contributed by atoms with Gasteiger partial charge in [-0.15, -0.1) is 0 Å². The quantitative estimate of drug-likeness (QED) is 0.610. The minimum absolute atomic E-state index is 0.00776. The van der Waals surface area contributed by atoms with Crippen LogP contribution < -0.4 is 10.1 Å². The summed E-state index contributed by atoms with van der Waals surface area (Å²) in [5, 5.41) is 2.98. The fraction of sp³-hybridized carbons (Fsp3) is 0.333. The first-order chi connectivity index (χ1) is 13.7. The second kappa shape index (κ2) is 8.65. The fourth-order valence-electron chi connectivity index (χ4n) is 3.31. The van der Waals surface area contributed by atoms with Crippen molar-refractivity contribution in [2.75, 3.05) is 13.4 Å². The monoisotopic (exact) mass is 415 g/mol. The van der Waals surface area contributed by atoms with Crippen LogP contribution in [0.3, 0.4) is 0 Å². The number of aromatic nitrogens is 2. The van der Waals surface area contributed by atoms with Crippen LogP contribution in [0.25, 0.3) is 11.0 Å². The number of nitrogens with one attached hydrogen (secondary N) is 1. The van der Waals surface area contributed by atoms with E-state index in [0.29, 0.717) is 17.8 Å². The SMILES string of the molecule is COc1cccc(CC(C)NC(=O)Cn2c(CS(C)(=O)=O)nc3ccccc32)c1. The minimum atomic E-state index is -3.28. The molecule has 1 heterocycles. The minimum Gasteiger partial charge on any atom is -0.497 e. The van der Waals surface area contributed by atoms with Gasteiger partial charge >= 0.3 is 0 Å². The van der Waals surface area contributed by atoms with Gasteiger partial charge in [-0.3, -0.25) is 4.79 Å². The molecule has 0 bridgehead atoms. The molecule has 0 aliphatic rings. The molecule has 7 nitrogen and oxygen atoms in total. The molecule has 1 unspecified atom stereocenters. The lowest BCUT2D eigenvalue weighted by atomic mass is 10.1. The van der Waals surface area contributed by atoms with E-state index in [2.05, 4.69) is 10.3 Å². The molecule has 0 radical (unpaired) electrons. The van der Waals surface area contributed by atoms with Gasteiger partial charge in [0.25, 0.3) is 0 Å². The summed E-state index contributed by atoms with van der Waals surface area (Å²) in [6.45, 7) is 1.94. The molecule has 3 rings (SSSR count). The highest BCUT2D eigenvalue weighted by atomic mass is 32.2. The van der Waals surface area contributed by atoms with Crippen LogP contribution in [0.4, 0.5) is 0 Å². The third kappa shape index (κ3) is 5.57. The van der Waals surface area contributed by atoms with E-state index in [4.69, 9.17) is 4.74 Å². The number of para-hydroxylation sites is 2. The van der Waals surface area contributed by atoms with Gasteiger partial charge in [-0.2, -0.15) is 0 Å². The number of sulfone groups is 1. The Morgan fingerprint density at radius 1 is 1.21 bits per heavy atom. The second-order valence-corrected chi connectivity index (χ2v) is 9.34. The van der Waals surface area contributed by atoms with Crippen LogP contribution >= 0.6 is 0 Å². The van der Waals surface area contributed by atoms with Crippen molar-refractivity contribution < 1.29 is 17.9 Å². The first-order valence-electron chi connectivity index (χ1n) is 9.29. The van der Waals surface area contributed by atoms with Gasteiger partial charge in [0.2, 0.25) is 5.91 Å². The number of ether oxygens (including phenoxy) is 1. The van der Waals surface area contributed by atoms with Crippen molar-refractivity contribution in [1.82, 2.24) is 14.9 Å². The number of carbonyl (C=O) groups is 1. The van der Waals surface area contributed by atoms with E-state index in [1.54, 1.807) is 17.7 Å². The molecule has 0 fully saturated rings. The summed E-state index contributed by atoms with van der Waals surface area (Å²) in [4.78, 5) is 17.1. The Morgan fingerprint density at radius 2 is 1.97 bits per heavy atom. The van der Waals surface area contributed by atoms with Crippen LogP contribution in [0.15, 0.2) is 48.5 Å². The highest BCUT2D eigenvalue weighted by molar-refractivity contribution is 7.89. The van der Waals surface area contributed by atoms with Crippen LogP contribution in [0.2, 0.25) is 0 Å². The lowest BCUT2D eigenvalue weighted by molar-refractivity contribution is -0.122. The van der Waals surface area contributed by atoms with Crippen molar-refractivity contribution >= 4 is 26.8 Å². The maximum Gasteiger partial charge on any atom is 0.240 e. The molecule has 1 aromatic heterocycles. The van der Waals surface area contributed by atoms with E-state index in [0.717, 1.165) is 23.1 Å². The Kier molecular flexibility index (Phi) is 6.22. The highest BCUT2D eigenvalue weighted by Gasteiger charge is 2.18. The van der Waals surface area contributed by atoms with E-state index in [1.165, 1.54) is 0 Å². The molecule has 1 amide bonds. The molecule has 3 aromatic rings. The maximum atomic E-state index is 12.7. The van der Waals surface area contributed by atoms with Gasteiger partial charge in [-0.25, -0.2) is 13.4 Å². The molecule has 0 saturated heterocycles. The van der Waals surface area contributed by atoms with Crippen molar-refractivity contribution in [1.29, 1.82) is 0 Å². The summed E-state index contributed by atoms with van der Waals surface area (Å²) in [5.41, 5.74) is 2.47. The van der Waals surface area contributed by atoms with Crippen molar-refractivity contribution in [2.45, 2.75) is 31.7 Å². The Hall–Kier alpha value is -2.87. The first-order valence-corrected chi connectivity index (χ1v) is 11.4. The van der Waals surface area contributed by atoms with Gasteiger partial charge in [-0.05, 0) is 43.2 Å². The van der Waals surface area contributed by atoms with Crippen LogP contribution in [-0.4, -0.2) is 43.3 Å². The topological polar surface area (TPSA) is 90.3 Å². The molecule has 29 heavy (non-hydrogen) atoms. The normalized spacial score (nSPS) is 12.7. The average molecular weight is 416 g/mol. The molecule has 1 atom stereocenters. The largest absolute Gasteiger partial charge is 0.497 e. The van der Waals surface area contributed by atoms with Crippen molar-refractivity contribution in [3.63, 3.8) is 0 Å². The van der Waals surface area contributed by atoms with Gasteiger partial charge in [0.05, 0.1) is 18.1 Å². The predicted octanol–water partition coefficient (Wildman–Crippen LogP) is 2.34. The number of hydrogen-bond acceptors (Lipinski definition) is 5. The zero-order valence-corrected chi connectivity index (χ0v) is 17.6. The van der Waals surface area contributed by atoms with Gasteiger partial charge in [0.15, 0.2) is 9.84 Å². The van der Waals surface area contributed by atoms with Crippen LogP contribution in [0.5, 0.6) is 5.75 Å². The Morgan fingerprint density at radius 3 is 2.69 bits per heavy atom. The number of benzene rings is 2. The number of imidazole rings is 1. The molecule has 0 spiro atoms. The van der Waals surface area contributed by atoms with Crippen LogP contribution in [0.1, 0.15) is 18.3 Å². The van der Waals surface area contributed by atoms with Crippen molar-refractivity contribution in [3.8, 4) is 5.75 Å². The van der Waals surface area contributed by atoms with Crippen molar-refractivity contribution in [3.05, 3.63) is 59.9 Å². The smallest absolute Gasteiger partial charge is 0.240 e. The number of amides is 1. The van der Waals surface area contributed by atoms with Gasteiger partial charge < -0.3 is 14.6 Å². The lowest BCUT2D eigenvalue weighted by Crippen LogP contribution is -2.36. The highest BCUT2D eigenvalue weighted by Crippen LogP contribution is 2.18. The number of rotatable bonds is 8. The summed E-state index contributed by atoms with van der Waals surface area (Å²) < 4.78 is 30.5. The summed E-state index contributed by atoms with van der Waals surface area (Å²) in [5.74, 6) is 0.729. The van der Waals surface area contributed by atoms with E-state index in [9.17, 15) is 13.2 Å². The Balaban J connectivity index is 1.74. The third-order valence-electron chi connectivity index (χ3n) is 4.51. The van der Waals surface area contributed by atoms with Crippen LogP contribution in [0, 0.1) is 0 Å². The zero-order chi connectivity index (χ0) is 21.0. The number of fused-ring (bicyclic) bond motifs is 1. The molecule has 8 heteroatoms. The fourth-order valence-corrected chi connectivity index (χ4v) is 4.00. The van der Waals surface area contributed by atoms with E-state index in [-0.39, 0.29) is 24.2 Å². The van der Waals surface area contributed by atoms with E-state index >= 15 is 0 Å². The molecule has 154 valence electrons. The number of carbonyl (C=O) groups excluding carboxylic acids is 1. The van der Waals surface area contributed by atoms with E-state index in [1.807, 2.05) is 49.4 Å². The standard InChI is InChI=1S/C21H25N3O4S/c1-15(11-16-7-6-8-17(12-16)28-2)22-21(25)13-24-19-10-5-4-9-18(19)23-20(24)14-29(3,26)27/h4-10,12,15H,11,13-14H2,1-3H3,(H,22,25). The predicted molar refractivity (Wildman–Crippen MR) is 113 cm³/mol. The third-order valence-corrected chi connectivity index (χ3v) is 5.29. The molecular formula is C21H25N3O4S. The lowest BCUT2D eigenvalue weighted by Gasteiger charge is -2.16. The van der Waals surface area contributed by atoms with Gasteiger partial charge in [-0.1, -0.05) is 24.3 Å². The number of nitrogens with zero attached hydrogens (tertiary/aromatic N) is 2. The van der Waals surface area contributed by atoms with E-state index < -0.39 is 9.84 Å². The average Bonchev–Trinajstić information content (AvgIpc) is 2.97. The summed E-state index contributed by atoms with van der Waals surface area (Å²) in [6, 6.07) is 14.9. The van der Waals surface area contributed by atoms with Crippen LogP contribution in [-0.2, 0) is 33.4 Å². The Bertz CT molecular complexity index is 1120. The molecule has 2 aromatic carbocycles. The molecule has 1 N–H and O–H groups in total. The zero-order valence-electron chi connectivity index (χ0n) is 16.8. The molecule has 0 saturated carbocycles. The van der Waals surface area contributed by atoms with Gasteiger partial charge in [0.1, 0.15) is 23.9 Å². The van der Waals surface area contributed by atoms with Crippen molar-refractivity contribution in [2.24, 2.45) is 0 Å². The van der Waals surface area contributed by atoms with Gasteiger partial charge in [0, 0.05) is 12.3 Å². The Labute approximate surface area is 170 Å². The molecular weight excluding hydrogens is 390 g/mol. The summed E-state index contributed by atoms with van der Waals surface area (Å²) in [7, 11) is -1.66.